The highest BCUT2D eigenvalue weighted by Crippen LogP contribution is 2.66. The van der Waals surface area contributed by atoms with Crippen LogP contribution in [-0.4, -0.2) is 40.3 Å². The molecule has 3 unspecified atom stereocenters. The third kappa shape index (κ3) is 3.05. The Labute approximate surface area is 170 Å². The lowest BCUT2D eigenvalue weighted by molar-refractivity contribution is -0.400. The normalized spacial score (nSPS) is 28.8. The number of hydrogen-bond donors (Lipinski definition) is 1. The van der Waals surface area contributed by atoms with E-state index in [4.69, 9.17) is 4.74 Å². The molecule has 1 heterocycles. The number of nitrogens with zero attached hydrogens (tertiary/aromatic N) is 1. The Morgan fingerprint density at radius 3 is 2.10 bits per heavy atom. The van der Waals surface area contributed by atoms with Crippen molar-refractivity contribution >= 4 is 5.97 Å². The molecule has 1 N–H and O–H groups in total. The minimum absolute atomic E-state index is 0.0105. The summed E-state index contributed by atoms with van der Waals surface area (Å²) >= 11 is 0. The van der Waals surface area contributed by atoms with Crippen LogP contribution in [0, 0.1) is 16.7 Å². The molecule has 1 aromatic rings. The van der Waals surface area contributed by atoms with Crippen LogP contribution in [-0.2, 0) is 10.7 Å². The number of esters is 1. The molecule has 2 saturated carbocycles. The van der Waals surface area contributed by atoms with Gasteiger partial charge in [-0.1, -0.05) is 20.8 Å². The number of aromatic amines is 1. The number of halogens is 9. The molecule has 2 aliphatic rings. The van der Waals surface area contributed by atoms with Gasteiger partial charge >= 0.3 is 29.9 Å². The van der Waals surface area contributed by atoms with Crippen molar-refractivity contribution in [1.82, 2.24) is 10.2 Å². The lowest BCUT2D eigenvalue weighted by Gasteiger charge is -2.38. The topological polar surface area (TPSA) is 55.0 Å². The van der Waals surface area contributed by atoms with E-state index < -0.39 is 52.8 Å². The fourth-order valence-corrected chi connectivity index (χ4v) is 4.63. The van der Waals surface area contributed by atoms with Crippen LogP contribution in [0.25, 0.3) is 0 Å². The van der Waals surface area contributed by atoms with Gasteiger partial charge in [-0.05, 0) is 30.6 Å². The highest BCUT2D eigenvalue weighted by Gasteiger charge is 2.82. The number of nitrogens with one attached hydrogen (secondary N) is 1. The van der Waals surface area contributed by atoms with Crippen molar-refractivity contribution in [2.24, 2.45) is 16.7 Å². The summed E-state index contributed by atoms with van der Waals surface area (Å²) in [4.78, 5) is 12.3. The summed E-state index contributed by atoms with van der Waals surface area (Å²) in [7, 11) is 0. The van der Waals surface area contributed by atoms with Crippen molar-refractivity contribution in [3.8, 4) is 0 Å². The first-order chi connectivity index (χ1) is 13.8. The molecule has 3 rings (SSSR count). The number of ether oxygens (including phenoxy) is 1. The maximum atomic E-state index is 14.0. The zero-order chi connectivity index (χ0) is 23.8. The Balaban J connectivity index is 1.82. The van der Waals surface area contributed by atoms with Gasteiger partial charge in [-0.25, -0.2) is 4.79 Å². The van der Waals surface area contributed by atoms with Crippen LogP contribution in [0.4, 0.5) is 39.5 Å². The minimum atomic E-state index is -7.04. The summed E-state index contributed by atoms with van der Waals surface area (Å²) < 4.78 is 123. The monoisotopic (exact) mass is 466 g/mol. The fourth-order valence-electron chi connectivity index (χ4n) is 4.63. The number of hydrogen-bond acceptors (Lipinski definition) is 3. The number of H-pyrrole nitrogens is 1. The first kappa shape index (κ1) is 23.7. The Bertz CT molecular complexity index is 878. The fraction of sp³-hybridized carbons (Fsp3) is 0.778. The number of aromatic nitrogens is 2. The quantitative estimate of drug-likeness (QED) is 0.447. The van der Waals surface area contributed by atoms with Gasteiger partial charge in [0.2, 0.25) is 0 Å². The molecular formula is C18H19F9N2O2. The molecule has 2 bridgehead atoms. The molecule has 3 atom stereocenters. The third-order valence-corrected chi connectivity index (χ3v) is 7.23. The lowest BCUT2D eigenvalue weighted by atomic mass is 9.70. The van der Waals surface area contributed by atoms with E-state index in [9.17, 15) is 44.3 Å². The first-order valence-electron chi connectivity index (χ1n) is 9.28. The molecule has 13 heteroatoms. The first-order valence-corrected chi connectivity index (χ1v) is 9.28. The average Bonchev–Trinajstić information content (AvgIpc) is 3.24. The van der Waals surface area contributed by atoms with Gasteiger partial charge in [-0.15, -0.1) is 0 Å². The van der Waals surface area contributed by atoms with E-state index in [1.54, 1.807) is 0 Å². The summed E-state index contributed by atoms with van der Waals surface area (Å²) in [5.41, 5.74) is -3.64. The van der Waals surface area contributed by atoms with Crippen LogP contribution >= 0.6 is 0 Å². The molecule has 176 valence electrons. The van der Waals surface area contributed by atoms with Crippen molar-refractivity contribution in [1.29, 1.82) is 0 Å². The Hall–Kier alpha value is -1.95. The van der Waals surface area contributed by atoms with E-state index in [0.717, 1.165) is 12.8 Å². The number of fused-ring (bicyclic) bond motifs is 2. The number of rotatable bonds is 5. The van der Waals surface area contributed by atoms with E-state index >= 15 is 0 Å². The van der Waals surface area contributed by atoms with Gasteiger partial charge in [-0.3, -0.25) is 5.10 Å². The van der Waals surface area contributed by atoms with Gasteiger partial charge in [0, 0.05) is 11.5 Å². The smallest absolute Gasteiger partial charge is 0.457 e. The van der Waals surface area contributed by atoms with Crippen molar-refractivity contribution in [3.05, 3.63) is 17.5 Å². The minimum Gasteiger partial charge on any atom is -0.457 e. The highest BCUT2D eigenvalue weighted by molar-refractivity contribution is 5.87. The van der Waals surface area contributed by atoms with Gasteiger partial charge in [0.1, 0.15) is 11.8 Å². The van der Waals surface area contributed by atoms with Gasteiger partial charge in [0.25, 0.3) is 0 Å². The summed E-state index contributed by atoms with van der Waals surface area (Å²) in [5, 5.41) is 4.32. The molecule has 0 aromatic carbocycles. The molecule has 4 nitrogen and oxygen atoms in total. The van der Waals surface area contributed by atoms with Crippen LogP contribution in [0.2, 0.25) is 0 Å². The maximum absolute atomic E-state index is 14.0. The lowest BCUT2D eigenvalue weighted by Crippen LogP contribution is -2.59. The van der Waals surface area contributed by atoms with E-state index in [1.165, 1.54) is 5.10 Å². The van der Waals surface area contributed by atoms with E-state index in [0.29, 0.717) is 6.42 Å². The summed E-state index contributed by atoms with van der Waals surface area (Å²) in [6.45, 7) is 5.88. The van der Waals surface area contributed by atoms with Gasteiger partial charge in [0.05, 0.1) is 0 Å². The molecule has 2 aliphatic carbocycles. The van der Waals surface area contributed by atoms with Crippen molar-refractivity contribution in [2.75, 3.05) is 0 Å². The molecule has 2 fully saturated rings. The molecule has 0 radical (unpaired) electrons. The van der Waals surface area contributed by atoms with Crippen LogP contribution in [0.15, 0.2) is 6.07 Å². The zero-order valence-corrected chi connectivity index (χ0v) is 16.5. The second-order valence-electron chi connectivity index (χ2n) is 8.89. The van der Waals surface area contributed by atoms with Crippen LogP contribution < -0.4 is 0 Å². The standard InChI is InChI=1S/C18H19F9N2O2/c1-13(2)8-4-5-14(13,3)11(6-8)31-12(30)9-7-10(29-28-9)15(19,20)16(21,22)17(23,24)18(25,26)27/h7-8,11H,4-6H2,1-3H3,(H,28,29). The highest BCUT2D eigenvalue weighted by atomic mass is 19.4. The van der Waals surface area contributed by atoms with Crippen LogP contribution in [0.5, 0.6) is 0 Å². The number of carbonyl (C=O) groups is 1. The second-order valence-corrected chi connectivity index (χ2v) is 8.89. The molecule has 0 saturated heterocycles. The van der Waals surface area contributed by atoms with Crippen LogP contribution in [0.1, 0.15) is 56.2 Å². The number of carbonyl (C=O) groups excluding carboxylic acids is 1. The summed E-state index contributed by atoms with van der Waals surface area (Å²) in [5.74, 6) is -21.0. The van der Waals surface area contributed by atoms with Gasteiger partial charge < -0.3 is 4.74 Å². The van der Waals surface area contributed by atoms with Gasteiger partial charge in [-0.2, -0.15) is 44.6 Å². The molecule has 0 aliphatic heterocycles. The molecule has 0 amide bonds. The molecule has 1 aromatic heterocycles. The van der Waals surface area contributed by atoms with E-state index in [2.05, 4.69) is 5.10 Å². The zero-order valence-electron chi connectivity index (χ0n) is 16.5. The average molecular weight is 466 g/mol. The van der Waals surface area contributed by atoms with Gasteiger partial charge in [0.15, 0.2) is 5.69 Å². The summed E-state index contributed by atoms with van der Waals surface area (Å²) in [6.07, 6.45) is -5.45. The summed E-state index contributed by atoms with van der Waals surface area (Å²) in [6, 6.07) is -0.0105. The molecule has 31 heavy (non-hydrogen) atoms. The maximum Gasteiger partial charge on any atom is 0.460 e. The van der Waals surface area contributed by atoms with Crippen molar-refractivity contribution < 1.29 is 49.0 Å². The van der Waals surface area contributed by atoms with Crippen LogP contribution in [0.3, 0.4) is 0 Å². The SMILES string of the molecule is CC1(C)C2CCC1(C)C(OC(=O)c1cc(C(F)(F)C(F)(F)C(F)(F)C(F)(F)F)[nH]n1)C2. The molecular weight excluding hydrogens is 447 g/mol. The Morgan fingerprint density at radius 2 is 1.65 bits per heavy atom. The predicted molar refractivity (Wildman–Crippen MR) is 86.9 cm³/mol. The van der Waals surface area contributed by atoms with E-state index in [-0.39, 0.29) is 17.4 Å². The predicted octanol–water partition coefficient (Wildman–Crippen LogP) is 5.71. The molecule has 0 spiro atoms. The Morgan fingerprint density at radius 1 is 1.06 bits per heavy atom. The number of alkyl halides is 9. The largest absolute Gasteiger partial charge is 0.460 e. The van der Waals surface area contributed by atoms with E-state index in [1.807, 2.05) is 20.8 Å². The van der Waals surface area contributed by atoms with Crippen molar-refractivity contribution in [3.63, 3.8) is 0 Å². The second kappa shape index (κ2) is 6.53. The Kier molecular flexibility index (Phi) is 5.00. The third-order valence-electron chi connectivity index (χ3n) is 7.23. The van der Waals surface area contributed by atoms with Crippen molar-refractivity contribution in [2.45, 2.75) is 70.1 Å².